The predicted octanol–water partition coefficient (Wildman–Crippen LogP) is 2.51. The monoisotopic (exact) mass is 256 g/mol. The van der Waals surface area contributed by atoms with Gasteiger partial charge < -0.3 is 10.1 Å². The van der Waals surface area contributed by atoms with Crippen LogP contribution in [0.4, 0.5) is 0 Å². The van der Waals surface area contributed by atoms with Gasteiger partial charge in [-0.1, -0.05) is 6.92 Å². The van der Waals surface area contributed by atoms with Gasteiger partial charge in [0.2, 0.25) is 0 Å². The topological polar surface area (TPSA) is 24.5 Å². The van der Waals surface area contributed by atoms with E-state index in [1.165, 1.54) is 19.3 Å². The maximum atomic E-state index is 5.23. The highest BCUT2D eigenvalue weighted by molar-refractivity contribution is 4.86. The summed E-state index contributed by atoms with van der Waals surface area (Å²) in [4.78, 5) is 2.58. The van der Waals surface area contributed by atoms with Gasteiger partial charge in [-0.25, -0.2) is 0 Å². The van der Waals surface area contributed by atoms with Gasteiger partial charge in [0.25, 0.3) is 0 Å². The molecule has 1 aliphatic rings. The van der Waals surface area contributed by atoms with Crippen molar-refractivity contribution in [3.05, 3.63) is 0 Å². The van der Waals surface area contributed by atoms with Crippen LogP contribution in [0.2, 0.25) is 0 Å². The Balaban J connectivity index is 2.31. The van der Waals surface area contributed by atoms with Crippen LogP contribution in [-0.2, 0) is 4.74 Å². The molecule has 1 fully saturated rings. The van der Waals surface area contributed by atoms with Crippen molar-refractivity contribution in [3.8, 4) is 0 Å². The van der Waals surface area contributed by atoms with Gasteiger partial charge >= 0.3 is 0 Å². The molecule has 0 aromatic carbocycles. The molecular formula is C15H32N2O. The molecule has 3 heteroatoms. The molecule has 0 saturated heterocycles. The van der Waals surface area contributed by atoms with Gasteiger partial charge in [-0.15, -0.1) is 0 Å². The van der Waals surface area contributed by atoms with Crippen molar-refractivity contribution in [3.63, 3.8) is 0 Å². The standard InChI is InChI=1S/C15H32N2O/c1-6-15(3,4)16-9-10-17(11-12-18-5)13(2)14-7-8-14/h13-14,16H,6-12H2,1-5H3. The summed E-state index contributed by atoms with van der Waals surface area (Å²) in [5.41, 5.74) is 0.260. The van der Waals surface area contributed by atoms with Crippen LogP contribution in [0.15, 0.2) is 0 Å². The summed E-state index contributed by atoms with van der Waals surface area (Å²) < 4.78 is 5.23. The molecule has 0 spiro atoms. The maximum Gasteiger partial charge on any atom is 0.0589 e. The molecule has 0 bridgehead atoms. The SMILES string of the molecule is CCC(C)(C)NCCN(CCOC)C(C)C1CC1. The highest BCUT2D eigenvalue weighted by Crippen LogP contribution is 2.34. The first-order chi connectivity index (χ1) is 8.50. The van der Waals surface area contributed by atoms with E-state index < -0.39 is 0 Å². The Hall–Kier alpha value is -0.120. The number of hydrogen-bond acceptors (Lipinski definition) is 3. The largest absolute Gasteiger partial charge is 0.383 e. The van der Waals surface area contributed by atoms with Crippen molar-refractivity contribution >= 4 is 0 Å². The van der Waals surface area contributed by atoms with Crippen molar-refractivity contribution in [2.45, 2.75) is 58.5 Å². The molecule has 18 heavy (non-hydrogen) atoms. The molecule has 0 aliphatic heterocycles. The van der Waals surface area contributed by atoms with E-state index in [9.17, 15) is 0 Å². The minimum Gasteiger partial charge on any atom is -0.383 e. The van der Waals surface area contributed by atoms with E-state index in [0.717, 1.165) is 32.2 Å². The summed E-state index contributed by atoms with van der Waals surface area (Å²) in [6, 6.07) is 0.715. The Bertz CT molecular complexity index is 227. The number of ether oxygens (including phenoxy) is 1. The van der Waals surface area contributed by atoms with E-state index in [0.29, 0.717) is 6.04 Å². The third-order valence-corrected chi connectivity index (χ3v) is 4.35. The van der Waals surface area contributed by atoms with E-state index in [1.54, 1.807) is 7.11 Å². The Morgan fingerprint density at radius 2 is 2.00 bits per heavy atom. The lowest BCUT2D eigenvalue weighted by Crippen LogP contribution is -2.46. The predicted molar refractivity (Wildman–Crippen MR) is 78.0 cm³/mol. The fraction of sp³-hybridized carbons (Fsp3) is 1.00. The molecule has 1 rings (SSSR count). The van der Waals surface area contributed by atoms with Crippen LogP contribution >= 0.6 is 0 Å². The van der Waals surface area contributed by atoms with Gasteiger partial charge in [-0.3, -0.25) is 4.90 Å². The van der Waals surface area contributed by atoms with Crippen LogP contribution in [-0.4, -0.2) is 49.8 Å². The van der Waals surface area contributed by atoms with E-state index in [4.69, 9.17) is 4.74 Å². The quantitative estimate of drug-likeness (QED) is 0.650. The van der Waals surface area contributed by atoms with Crippen LogP contribution in [0, 0.1) is 5.92 Å². The number of methoxy groups -OCH3 is 1. The lowest BCUT2D eigenvalue weighted by atomic mass is 10.0. The average molecular weight is 256 g/mol. The van der Waals surface area contributed by atoms with Gasteiger partial charge in [0.1, 0.15) is 0 Å². The summed E-state index contributed by atoms with van der Waals surface area (Å²) in [5.74, 6) is 0.932. The van der Waals surface area contributed by atoms with Gasteiger partial charge in [0.15, 0.2) is 0 Å². The van der Waals surface area contributed by atoms with E-state index in [1.807, 2.05) is 0 Å². The second-order valence-electron chi connectivity index (χ2n) is 6.27. The fourth-order valence-corrected chi connectivity index (χ4v) is 2.27. The van der Waals surface area contributed by atoms with Crippen molar-refractivity contribution in [2.75, 3.05) is 33.4 Å². The molecule has 1 aliphatic carbocycles. The summed E-state index contributed by atoms with van der Waals surface area (Å²) in [6.07, 6.45) is 4.00. The van der Waals surface area contributed by atoms with Gasteiger partial charge in [-0.05, 0) is 46.0 Å². The molecule has 0 aromatic rings. The highest BCUT2D eigenvalue weighted by atomic mass is 16.5. The second kappa shape index (κ2) is 7.46. The molecule has 1 unspecified atom stereocenters. The molecule has 0 radical (unpaired) electrons. The van der Waals surface area contributed by atoms with Crippen molar-refractivity contribution in [1.82, 2.24) is 10.2 Å². The second-order valence-corrected chi connectivity index (χ2v) is 6.27. The Kier molecular flexibility index (Phi) is 6.61. The Labute approximate surface area is 113 Å². The number of nitrogens with one attached hydrogen (secondary N) is 1. The Morgan fingerprint density at radius 1 is 1.33 bits per heavy atom. The van der Waals surface area contributed by atoms with Gasteiger partial charge in [0.05, 0.1) is 6.61 Å². The normalized spacial score (nSPS) is 18.3. The molecule has 3 nitrogen and oxygen atoms in total. The minimum absolute atomic E-state index is 0.260. The lowest BCUT2D eigenvalue weighted by Gasteiger charge is -2.31. The first-order valence-corrected chi connectivity index (χ1v) is 7.48. The molecule has 0 amide bonds. The zero-order valence-corrected chi connectivity index (χ0v) is 13.0. The van der Waals surface area contributed by atoms with Crippen LogP contribution in [0.1, 0.15) is 47.0 Å². The lowest BCUT2D eigenvalue weighted by molar-refractivity contribution is 0.115. The van der Waals surface area contributed by atoms with Gasteiger partial charge in [-0.2, -0.15) is 0 Å². The van der Waals surface area contributed by atoms with Gasteiger partial charge in [0, 0.05) is 38.3 Å². The summed E-state index contributed by atoms with van der Waals surface area (Å²) in [6.45, 7) is 13.3. The zero-order valence-electron chi connectivity index (χ0n) is 13.0. The van der Waals surface area contributed by atoms with Crippen LogP contribution in [0.25, 0.3) is 0 Å². The summed E-state index contributed by atoms with van der Waals surface area (Å²) in [5, 5.41) is 3.65. The van der Waals surface area contributed by atoms with Crippen LogP contribution in [0.3, 0.4) is 0 Å². The molecule has 1 saturated carbocycles. The highest BCUT2D eigenvalue weighted by Gasteiger charge is 2.31. The fourth-order valence-electron chi connectivity index (χ4n) is 2.27. The minimum atomic E-state index is 0.260. The number of rotatable bonds is 10. The van der Waals surface area contributed by atoms with Crippen molar-refractivity contribution < 1.29 is 4.74 Å². The zero-order chi connectivity index (χ0) is 13.6. The number of nitrogens with zero attached hydrogens (tertiary/aromatic N) is 1. The Morgan fingerprint density at radius 3 is 2.50 bits per heavy atom. The maximum absolute atomic E-state index is 5.23. The van der Waals surface area contributed by atoms with E-state index >= 15 is 0 Å². The molecule has 0 heterocycles. The third-order valence-electron chi connectivity index (χ3n) is 4.35. The number of hydrogen-bond donors (Lipinski definition) is 1. The van der Waals surface area contributed by atoms with Crippen molar-refractivity contribution in [2.24, 2.45) is 5.92 Å². The van der Waals surface area contributed by atoms with E-state index in [-0.39, 0.29) is 5.54 Å². The smallest absolute Gasteiger partial charge is 0.0589 e. The molecule has 0 aromatic heterocycles. The molecule has 1 atom stereocenters. The van der Waals surface area contributed by atoms with Crippen LogP contribution < -0.4 is 5.32 Å². The molecule has 1 N–H and O–H groups in total. The summed E-state index contributed by atoms with van der Waals surface area (Å²) >= 11 is 0. The average Bonchev–Trinajstić information content (AvgIpc) is 3.16. The van der Waals surface area contributed by atoms with Crippen LogP contribution in [0.5, 0.6) is 0 Å². The molecule has 108 valence electrons. The van der Waals surface area contributed by atoms with Crippen molar-refractivity contribution in [1.29, 1.82) is 0 Å². The van der Waals surface area contributed by atoms with E-state index in [2.05, 4.69) is 37.9 Å². The first kappa shape index (κ1) is 15.9. The first-order valence-electron chi connectivity index (χ1n) is 7.48. The molecular weight excluding hydrogens is 224 g/mol. The third kappa shape index (κ3) is 5.68. The summed E-state index contributed by atoms with van der Waals surface area (Å²) in [7, 11) is 1.79.